The Morgan fingerprint density at radius 3 is 1.39 bits per heavy atom. The Hall–Kier alpha value is -4.86. The van der Waals surface area contributed by atoms with E-state index in [2.05, 4.69) is 10.6 Å². The number of anilines is 2. The lowest BCUT2D eigenvalue weighted by molar-refractivity contribution is 0.101. The van der Waals surface area contributed by atoms with Crippen LogP contribution in [-0.2, 0) is 25.9 Å². The molecule has 38 heavy (non-hydrogen) atoms. The van der Waals surface area contributed by atoms with E-state index in [0.717, 1.165) is 24.0 Å². The Kier molecular flexibility index (Phi) is 6.69. The second-order valence-corrected chi connectivity index (χ2v) is 9.57. The third-order valence-electron chi connectivity index (χ3n) is 7.04. The third kappa shape index (κ3) is 5.29. The molecule has 10 nitrogen and oxygen atoms in total. The first kappa shape index (κ1) is 24.8. The number of guanidine groups is 2. The Bertz CT molecular complexity index is 1320. The van der Waals surface area contributed by atoms with Crippen molar-refractivity contribution in [2.24, 2.45) is 11.5 Å². The maximum atomic E-state index is 12.8. The van der Waals surface area contributed by atoms with Crippen molar-refractivity contribution in [3.63, 3.8) is 0 Å². The van der Waals surface area contributed by atoms with Crippen molar-refractivity contribution in [3.05, 3.63) is 94.0 Å². The van der Waals surface area contributed by atoms with E-state index in [1.807, 2.05) is 36.4 Å². The molecular formula is C28H30N8O2. The van der Waals surface area contributed by atoms with Gasteiger partial charge in [-0.1, -0.05) is 12.1 Å². The minimum absolute atomic E-state index is 0.0421. The molecule has 0 fully saturated rings. The summed E-state index contributed by atoms with van der Waals surface area (Å²) in [5, 5.41) is 21.2. The highest BCUT2D eigenvalue weighted by Crippen LogP contribution is 2.24. The zero-order valence-electron chi connectivity index (χ0n) is 20.9. The summed E-state index contributed by atoms with van der Waals surface area (Å²) < 4.78 is 0. The summed E-state index contributed by atoms with van der Waals surface area (Å²) in [6, 6.07) is 18.1. The van der Waals surface area contributed by atoms with Crippen LogP contribution in [0.1, 0.15) is 43.0 Å². The van der Waals surface area contributed by atoms with Crippen molar-refractivity contribution in [1.29, 1.82) is 10.8 Å². The highest BCUT2D eigenvalue weighted by atomic mass is 16.2. The number of fused-ring (bicyclic) bond motifs is 2. The first-order valence-corrected chi connectivity index (χ1v) is 12.4. The Balaban J connectivity index is 1.22. The summed E-state index contributed by atoms with van der Waals surface area (Å²) in [6.45, 7) is 2.49. The van der Waals surface area contributed by atoms with Gasteiger partial charge in [-0.3, -0.25) is 20.4 Å². The zero-order valence-corrected chi connectivity index (χ0v) is 20.9. The molecule has 0 radical (unpaired) electrons. The average Bonchev–Trinajstić information content (AvgIpc) is 2.92. The molecule has 3 aromatic carbocycles. The average molecular weight is 511 g/mol. The Morgan fingerprint density at radius 2 is 1.03 bits per heavy atom. The summed E-state index contributed by atoms with van der Waals surface area (Å²) in [5.41, 5.74) is 17.9. The van der Waals surface area contributed by atoms with E-state index < -0.39 is 0 Å². The smallest absolute Gasteiger partial charge is 0.255 e. The van der Waals surface area contributed by atoms with Gasteiger partial charge in [0.25, 0.3) is 11.8 Å². The molecule has 0 saturated carbocycles. The van der Waals surface area contributed by atoms with Gasteiger partial charge in [0.05, 0.1) is 0 Å². The number of nitrogens with zero attached hydrogens (tertiary/aromatic N) is 2. The Morgan fingerprint density at radius 1 is 0.632 bits per heavy atom. The molecular weight excluding hydrogens is 480 g/mol. The molecule has 2 amide bonds. The lowest BCUT2D eigenvalue weighted by Gasteiger charge is -2.29. The van der Waals surface area contributed by atoms with Gasteiger partial charge in [-0.2, -0.15) is 0 Å². The molecule has 0 atom stereocenters. The van der Waals surface area contributed by atoms with E-state index in [4.69, 9.17) is 22.3 Å². The van der Waals surface area contributed by atoms with Crippen LogP contribution in [0.5, 0.6) is 0 Å². The first-order chi connectivity index (χ1) is 18.3. The molecule has 194 valence electrons. The second kappa shape index (κ2) is 10.3. The number of hydrogen-bond donors (Lipinski definition) is 6. The van der Waals surface area contributed by atoms with Crippen molar-refractivity contribution >= 4 is 35.1 Å². The van der Waals surface area contributed by atoms with Gasteiger partial charge < -0.3 is 31.9 Å². The monoisotopic (exact) mass is 510 g/mol. The van der Waals surface area contributed by atoms with E-state index in [1.54, 1.807) is 34.1 Å². The standard InChI is InChI=1S/C28H30N8O2/c29-27(30)35-11-9-17-5-7-23(13-21(17)15-35)33-25(37)19-1-2-20(4-3-19)26(38)34-24-8-6-18-10-12-36(28(31)32)16-22(18)14-24/h1-8,13-14H,9-12,15-16H2,(H3,29,30)(H3,31,32)(H,33,37)(H,34,38). The van der Waals surface area contributed by atoms with E-state index >= 15 is 0 Å². The van der Waals surface area contributed by atoms with Crippen LogP contribution in [0.4, 0.5) is 11.4 Å². The van der Waals surface area contributed by atoms with Crippen LogP contribution in [0.15, 0.2) is 60.7 Å². The second-order valence-electron chi connectivity index (χ2n) is 9.57. The van der Waals surface area contributed by atoms with Crippen molar-refractivity contribution in [2.75, 3.05) is 23.7 Å². The van der Waals surface area contributed by atoms with Gasteiger partial charge in [-0.05, 0) is 83.6 Å². The molecule has 5 rings (SSSR count). The number of rotatable bonds is 4. The van der Waals surface area contributed by atoms with Gasteiger partial charge >= 0.3 is 0 Å². The van der Waals surface area contributed by atoms with Crippen LogP contribution in [-0.4, -0.2) is 46.6 Å². The van der Waals surface area contributed by atoms with E-state index in [9.17, 15) is 9.59 Å². The lowest BCUT2D eigenvalue weighted by atomic mass is 9.99. The molecule has 2 heterocycles. The first-order valence-electron chi connectivity index (χ1n) is 12.4. The largest absolute Gasteiger partial charge is 0.370 e. The van der Waals surface area contributed by atoms with E-state index in [0.29, 0.717) is 48.7 Å². The van der Waals surface area contributed by atoms with Crippen LogP contribution in [0.25, 0.3) is 0 Å². The molecule has 2 aliphatic rings. The molecule has 8 N–H and O–H groups in total. The minimum Gasteiger partial charge on any atom is -0.370 e. The number of carbonyl (C=O) groups is 2. The Labute approximate surface area is 220 Å². The summed E-state index contributed by atoms with van der Waals surface area (Å²) in [4.78, 5) is 29.3. The fraction of sp³-hybridized carbons (Fsp3) is 0.214. The highest BCUT2D eigenvalue weighted by molar-refractivity contribution is 6.07. The number of nitrogens with one attached hydrogen (secondary N) is 4. The number of benzene rings is 3. The summed E-state index contributed by atoms with van der Waals surface area (Å²) in [7, 11) is 0. The van der Waals surface area contributed by atoms with Gasteiger partial charge in [0.2, 0.25) is 0 Å². The lowest BCUT2D eigenvalue weighted by Crippen LogP contribution is -2.40. The fourth-order valence-electron chi connectivity index (χ4n) is 4.86. The van der Waals surface area contributed by atoms with Crippen molar-refractivity contribution in [1.82, 2.24) is 9.80 Å². The fourth-order valence-corrected chi connectivity index (χ4v) is 4.86. The number of nitrogens with two attached hydrogens (primary N) is 2. The third-order valence-corrected chi connectivity index (χ3v) is 7.04. The molecule has 0 saturated heterocycles. The maximum Gasteiger partial charge on any atom is 0.255 e. The van der Waals surface area contributed by atoms with Gasteiger partial charge in [-0.15, -0.1) is 0 Å². The molecule has 0 aromatic heterocycles. The topological polar surface area (TPSA) is 164 Å². The molecule has 0 aliphatic carbocycles. The predicted molar refractivity (Wildman–Crippen MR) is 147 cm³/mol. The number of carbonyl (C=O) groups excluding carboxylic acids is 2. The van der Waals surface area contributed by atoms with Crippen molar-refractivity contribution in [2.45, 2.75) is 25.9 Å². The summed E-state index contributed by atoms with van der Waals surface area (Å²) in [5.74, 6) is -0.470. The zero-order chi connectivity index (χ0) is 26.8. The SMILES string of the molecule is N=C(N)N1CCc2ccc(NC(=O)c3ccc(C(=O)Nc4ccc5c(c4)CN(C(=N)N)CC5)cc3)cc2C1. The van der Waals surface area contributed by atoms with Gasteiger partial charge in [0.1, 0.15) is 0 Å². The van der Waals surface area contributed by atoms with E-state index in [-0.39, 0.29) is 23.7 Å². The number of amides is 2. The molecule has 2 aliphatic heterocycles. The van der Waals surface area contributed by atoms with Gasteiger partial charge in [0.15, 0.2) is 11.9 Å². The highest BCUT2D eigenvalue weighted by Gasteiger charge is 2.19. The molecule has 3 aromatic rings. The van der Waals surface area contributed by atoms with Crippen LogP contribution < -0.4 is 22.1 Å². The predicted octanol–water partition coefficient (Wildman–Crippen LogP) is 2.69. The van der Waals surface area contributed by atoms with Crippen molar-refractivity contribution in [3.8, 4) is 0 Å². The van der Waals surface area contributed by atoms with Gasteiger partial charge in [0, 0.05) is 48.7 Å². The maximum absolute atomic E-state index is 12.8. The normalized spacial score (nSPS) is 14.2. The van der Waals surface area contributed by atoms with Crippen molar-refractivity contribution < 1.29 is 9.59 Å². The van der Waals surface area contributed by atoms with E-state index in [1.165, 1.54) is 11.1 Å². The van der Waals surface area contributed by atoms with Crippen LogP contribution in [0.3, 0.4) is 0 Å². The molecule has 10 heteroatoms. The van der Waals surface area contributed by atoms with Crippen LogP contribution >= 0.6 is 0 Å². The number of hydrogen-bond acceptors (Lipinski definition) is 4. The quantitative estimate of drug-likeness (QED) is 0.233. The minimum atomic E-state index is -0.277. The van der Waals surface area contributed by atoms with Gasteiger partial charge in [-0.25, -0.2) is 0 Å². The molecule has 0 unspecified atom stereocenters. The molecule has 0 bridgehead atoms. The van der Waals surface area contributed by atoms with Crippen LogP contribution in [0.2, 0.25) is 0 Å². The molecule has 0 spiro atoms. The van der Waals surface area contributed by atoms with Crippen LogP contribution in [0, 0.1) is 10.8 Å². The summed E-state index contributed by atoms with van der Waals surface area (Å²) >= 11 is 0. The summed E-state index contributed by atoms with van der Waals surface area (Å²) in [6.07, 6.45) is 1.60.